The molecular formula is C15H18O2. The van der Waals surface area contributed by atoms with Crippen molar-refractivity contribution in [2.75, 3.05) is 6.61 Å². The first-order valence-corrected chi connectivity index (χ1v) is 6.60. The molecule has 1 unspecified atom stereocenters. The average Bonchev–Trinajstić information content (AvgIpc) is 2.79. The van der Waals surface area contributed by atoms with Crippen molar-refractivity contribution in [3.05, 3.63) is 35.4 Å². The van der Waals surface area contributed by atoms with Crippen LogP contribution in [0, 0.1) is 0 Å². The topological polar surface area (TPSA) is 26.3 Å². The molecule has 90 valence electrons. The quantitative estimate of drug-likeness (QED) is 0.745. The van der Waals surface area contributed by atoms with Crippen molar-refractivity contribution in [3.63, 3.8) is 0 Å². The van der Waals surface area contributed by atoms with E-state index >= 15 is 0 Å². The van der Waals surface area contributed by atoms with Gasteiger partial charge in [-0.2, -0.15) is 0 Å². The van der Waals surface area contributed by atoms with Crippen LogP contribution in [-0.2, 0) is 4.74 Å². The SMILES string of the molecule is O=C(c1cccc(C2CCC2)c1)C1CCCO1. The third-order valence-electron chi connectivity index (χ3n) is 3.97. The maximum atomic E-state index is 12.2. The van der Waals surface area contributed by atoms with E-state index < -0.39 is 0 Å². The number of carbonyl (C=O) groups excluding carboxylic acids is 1. The van der Waals surface area contributed by atoms with Crippen molar-refractivity contribution in [1.82, 2.24) is 0 Å². The maximum Gasteiger partial charge on any atom is 0.191 e. The lowest BCUT2D eigenvalue weighted by Gasteiger charge is -2.26. The number of hydrogen-bond acceptors (Lipinski definition) is 2. The van der Waals surface area contributed by atoms with Crippen LogP contribution in [-0.4, -0.2) is 18.5 Å². The number of hydrogen-bond donors (Lipinski definition) is 0. The number of benzene rings is 1. The van der Waals surface area contributed by atoms with Crippen LogP contribution in [0.3, 0.4) is 0 Å². The Balaban J connectivity index is 1.79. The Bertz CT molecular complexity index is 415. The Labute approximate surface area is 102 Å². The lowest BCUT2D eigenvalue weighted by atomic mass is 9.79. The van der Waals surface area contributed by atoms with Crippen LogP contribution < -0.4 is 0 Å². The third-order valence-corrected chi connectivity index (χ3v) is 3.97. The summed E-state index contributed by atoms with van der Waals surface area (Å²) in [4.78, 5) is 12.2. The molecule has 1 saturated heterocycles. The van der Waals surface area contributed by atoms with Gasteiger partial charge in [0.1, 0.15) is 6.10 Å². The second kappa shape index (κ2) is 4.61. The number of Topliss-reactive ketones (excluding diaryl/α,β-unsaturated/α-hetero) is 1. The lowest BCUT2D eigenvalue weighted by Crippen LogP contribution is -2.20. The molecule has 1 aromatic rings. The monoisotopic (exact) mass is 230 g/mol. The van der Waals surface area contributed by atoms with Gasteiger partial charge in [0.05, 0.1) is 0 Å². The van der Waals surface area contributed by atoms with Crippen molar-refractivity contribution < 1.29 is 9.53 Å². The summed E-state index contributed by atoms with van der Waals surface area (Å²) in [5.41, 5.74) is 2.17. The van der Waals surface area contributed by atoms with Crippen LogP contribution in [0.5, 0.6) is 0 Å². The van der Waals surface area contributed by atoms with Crippen molar-refractivity contribution >= 4 is 5.78 Å². The molecule has 3 rings (SSSR count). The summed E-state index contributed by atoms with van der Waals surface area (Å²) in [6, 6.07) is 8.16. The Morgan fingerprint density at radius 1 is 1.18 bits per heavy atom. The van der Waals surface area contributed by atoms with Gasteiger partial charge in [-0.25, -0.2) is 0 Å². The molecule has 1 atom stereocenters. The van der Waals surface area contributed by atoms with Gasteiger partial charge in [-0.05, 0) is 43.2 Å². The smallest absolute Gasteiger partial charge is 0.191 e. The Morgan fingerprint density at radius 2 is 2.06 bits per heavy atom. The van der Waals surface area contributed by atoms with Gasteiger partial charge in [-0.1, -0.05) is 24.6 Å². The predicted octanol–water partition coefficient (Wildman–Crippen LogP) is 3.32. The lowest BCUT2D eigenvalue weighted by molar-refractivity contribution is 0.0643. The van der Waals surface area contributed by atoms with Gasteiger partial charge in [0.25, 0.3) is 0 Å². The molecule has 2 nitrogen and oxygen atoms in total. The molecule has 0 amide bonds. The number of ether oxygens (including phenoxy) is 1. The minimum atomic E-state index is -0.188. The van der Waals surface area contributed by atoms with Crippen molar-refractivity contribution in [3.8, 4) is 0 Å². The summed E-state index contributed by atoms with van der Waals surface area (Å²) in [6.45, 7) is 0.735. The van der Waals surface area contributed by atoms with E-state index in [1.165, 1.54) is 24.8 Å². The number of rotatable bonds is 3. The van der Waals surface area contributed by atoms with Gasteiger partial charge in [0.15, 0.2) is 5.78 Å². The molecule has 1 aliphatic carbocycles. The number of carbonyl (C=O) groups is 1. The maximum absolute atomic E-state index is 12.2. The molecule has 2 heteroatoms. The van der Waals surface area contributed by atoms with Gasteiger partial charge < -0.3 is 4.74 Å². The zero-order chi connectivity index (χ0) is 11.7. The predicted molar refractivity (Wildman–Crippen MR) is 66.3 cm³/mol. The number of ketones is 1. The summed E-state index contributed by atoms with van der Waals surface area (Å²) in [6.07, 6.45) is 5.58. The largest absolute Gasteiger partial charge is 0.370 e. The Morgan fingerprint density at radius 3 is 2.71 bits per heavy atom. The molecule has 0 spiro atoms. The molecule has 1 heterocycles. The summed E-state index contributed by atoms with van der Waals surface area (Å²) in [5.74, 6) is 0.857. The second-order valence-electron chi connectivity index (χ2n) is 5.12. The third kappa shape index (κ3) is 2.14. The molecule has 0 bridgehead atoms. The average molecular weight is 230 g/mol. The van der Waals surface area contributed by atoms with Gasteiger partial charge >= 0.3 is 0 Å². The fourth-order valence-electron chi connectivity index (χ4n) is 2.66. The van der Waals surface area contributed by atoms with E-state index in [-0.39, 0.29) is 11.9 Å². The van der Waals surface area contributed by atoms with Crippen molar-refractivity contribution in [2.45, 2.75) is 44.1 Å². The molecule has 1 aliphatic heterocycles. The van der Waals surface area contributed by atoms with E-state index in [0.717, 1.165) is 25.0 Å². The highest BCUT2D eigenvalue weighted by atomic mass is 16.5. The molecule has 1 saturated carbocycles. The van der Waals surface area contributed by atoms with Crippen LogP contribution >= 0.6 is 0 Å². The Hall–Kier alpha value is -1.15. The Kier molecular flexibility index (Phi) is 2.98. The molecule has 2 aliphatic rings. The van der Waals surface area contributed by atoms with Crippen molar-refractivity contribution in [2.24, 2.45) is 0 Å². The summed E-state index contributed by atoms with van der Waals surface area (Å²) in [5, 5.41) is 0. The van der Waals surface area contributed by atoms with E-state index in [9.17, 15) is 4.79 Å². The first-order chi connectivity index (χ1) is 8.34. The van der Waals surface area contributed by atoms with Crippen LogP contribution in [0.4, 0.5) is 0 Å². The molecule has 1 aromatic carbocycles. The zero-order valence-corrected chi connectivity index (χ0v) is 10.0. The van der Waals surface area contributed by atoms with Gasteiger partial charge in [0.2, 0.25) is 0 Å². The van der Waals surface area contributed by atoms with Crippen molar-refractivity contribution in [1.29, 1.82) is 0 Å². The fourth-order valence-corrected chi connectivity index (χ4v) is 2.66. The molecular weight excluding hydrogens is 212 g/mol. The molecule has 17 heavy (non-hydrogen) atoms. The summed E-state index contributed by atoms with van der Waals surface area (Å²) < 4.78 is 5.46. The van der Waals surface area contributed by atoms with Gasteiger partial charge in [-0.3, -0.25) is 4.79 Å². The highest BCUT2D eigenvalue weighted by molar-refractivity contribution is 5.99. The van der Waals surface area contributed by atoms with Crippen LogP contribution in [0.15, 0.2) is 24.3 Å². The van der Waals surface area contributed by atoms with Crippen LogP contribution in [0.1, 0.15) is 53.9 Å². The molecule has 2 fully saturated rings. The van der Waals surface area contributed by atoms with Gasteiger partial charge in [0, 0.05) is 12.2 Å². The normalized spacial score (nSPS) is 24.6. The second-order valence-corrected chi connectivity index (χ2v) is 5.12. The van der Waals surface area contributed by atoms with E-state index in [2.05, 4.69) is 12.1 Å². The van der Waals surface area contributed by atoms with E-state index in [0.29, 0.717) is 5.92 Å². The van der Waals surface area contributed by atoms with E-state index in [1.807, 2.05) is 12.1 Å². The van der Waals surface area contributed by atoms with E-state index in [1.54, 1.807) is 0 Å². The molecule has 0 aromatic heterocycles. The highest BCUT2D eigenvalue weighted by Gasteiger charge is 2.26. The van der Waals surface area contributed by atoms with E-state index in [4.69, 9.17) is 4.74 Å². The first kappa shape index (κ1) is 11.0. The molecule has 0 radical (unpaired) electrons. The highest BCUT2D eigenvalue weighted by Crippen LogP contribution is 2.36. The summed E-state index contributed by atoms with van der Waals surface area (Å²) >= 11 is 0. The minimum absolute atomic E-state index is 0.170. The van der Waals surface area contributed by atoms with Crippen LogP contribution in [0.2, 0.25) is 0 Å². The minimum Gasteiger partial charge on any atom is -0.370 e. The van der Waals surface area contributed by atoms with Crippen LogP contribution in [0.25, 0.3) is 0 Å². The van der Waals surface area contributed by atoms with Gasteiger partial charge in [-0.15, -0.1) is 0 Å². The standard InChI is InChI=1S/C15H18O2/c16-15(14-8-3-9-17-14)13-7-2-6-12(10-13)11-4-1-5-11/h2,6-7,10-11,14H,1,3-5,8-9H2. The fraction of sp³-hybridized carbons (Fsp3) is 0.533. The molecule has 0 N–H and O–H groups in total. The first-order valence-electron chi connectivity index (χ1n) is 6.60. The summed E-state index contributed by atoms with van der Waals surface area (Å²) in [7, 11) is 0. The zero-order valence-electron chi connectivity index (χ0n) is 10.0.